The number of nitrogens with zero attached hydrogens (tertiary/aromatic N) is 7. The third-order valence-corrected chi connectivity index (χ3v) is 7.49. The molecule has 5 heterocycles. The summed E-state index contributed by atoms with van der Waals surface area (Å²) < 4.78 is 4.22. The molecule has 1 unspecified atom stereocenters. The van der Waals surface area contributed by atoms with E-state index in [9.17, 15) is 10.4 Å². The molecule has 2 atom stereocenters. The highest BCUT2D eigenvalue weighted by Crippen LogP contribution is 2.41. The molecule has 0 saturated heterocycles. The molecule has 0 radical (unpaired) electrons. The van der Waals surface area contributed by atoms with Crippen LogP contribution in [0.15, 0.2) is 42.9 Å². The highest BCUT2D eigenvalue weighted by atomic mass is 16.3. The molecule has 0 amide bonds. The van der Waals surface area contributed by atoms with Gasteiger partial charge in [-0.2, -0.15) is 10.4 Å². The van der Waals surface area contributed by atoms with Gasteiger partial charge in [0.05, 0.1) is 29.2 Å². The number of imidazole rings is 1. The van der Waals surface area contributed by atoms with Crippen molar-refractivity contribution < 1.29 is 5.11 Å². The molecule has 2 aliphatic heterocycles. The Morgan fingerprint density at radius 1 is 1.27 bits per heavy atom. The van der Waals surface area contributed by atoms with E-state index in [4.69, 9.17) is 10.1 Å². The molecule has 0 fully saturated rings. The van der Waals surface area contributed by atoms with Crippen LogP contribution in [0.2, 0.25) is 0 Å². The minimum Gasteiger partial charge on any atom is -0.395 e. The summed E-state index contributed by atoms with van der Waals surface area (Å²) in [5.74, 6) is 2.88. The van der Waals surface area contributed by atoms with Crippen LogP contribution in [0.3, 0.4) is 0 Å². The van der Waals surface area contributed by atoms with Gasteiger partial charge in [0, 0.05) is 61.7 Å². The Hall–Kier alpha value is -4.23. The fourth-order valence-electron chi connectivity index (χ4n) is 5.36. The lowest BCUT2D eigenvalue weighted by Gasteiger charge is -2.24. The number of aliphatic hydroxyl groups is 1. The van der Waals surface area contributed by atoms with Crippen LogP contribution < -0.4 is 10.6 Å². The lowest BCUT2D eigenvalue weighted by atomic mass is 9.83. The van der Waals surface area contributed by atoms with Crippen LogP contribution in [0.25, 0.3) is 11.3 Å². The van der Waals surface area contributed by atoms with Crippen LogP contribution in [-0.2, 0) is 24.9 Å². The van der Waals surface area contributed by atoms with Gasteiger partial charge in [0.15, 0.2) is 0 Å². The molecule has 0 saturated carbocycles. The van der Waals surface area contributed by atoms with Gasteiger partial charge in [-0.05, 0) is 43.0 Å². The molecule has 4 aromatic rings. The van der Waals surface area contributed by atoms with E-state index in [0.29, 0.717) is 29.7 Å². The van der Waals surface area contributed by atoms with Crippen LogP contribution in [0.1, 0.15) is 36.0 Å². The highest BCUT2D eigenvalue weighted by Gasteiger charge is 2.36. The number of nitrogens with one attached hydrogen (secondary N) is 2. The zero-order valence-corrected chi connectivity index (χ0v) is 20.9. The third kappa shape index (κ3) is 4.21. The van der Waals surface area contributed by atoms with Gasteiger partial charge in [-0.1, -0.05) is 6.92 Å². The Morgan fingerprint density at radius 3 is 3.00 bits per heavy atom. The molecule has 188 valence electrons. The molecular formula is C27H29N9O. The minimum absolute atomic E-state index is 0.00980. The fraction of sp³-hybridized carbons (Fsp3) is 0.370. The van der Waals surface area contributed by atoms with Gasteiger partial charge < -0.3 is 20.3 Å². The van der Waals surface area contributed by atoms with Crippen LogP contribution in [-0.4, -0.2) is 47.6 Å². The summed E-state index contributed by atoms with van der Waals surface area (Å²) in [7, 11) is 0. The van der Waals surface area contributed by atoms with Crippen LogP contribution in [0, 0.1) is 24.2 Å². The molecule has 10 nitrogen and oxygen atoms in total. The number of anilines is 3. The number of aliphatic hydroxyl groups excluding tert-OH is 1. The van der Waals surface area contributed by atoms with Crippen LogP contribution >= 0.6 is 0 Å². The van der Waals surface area contributed by atoms with Gasteiger partial charge in [0.1, 0.15) is 17.7 Å². The minimum atomic E-state index is -0.453. The van der Waals surface area contributed by atoms with Crippen LogP contribution in [0.5, 0.6) is 0 Å². The Balaban J connectivity index is 1.27. The standard InChI is InChI=1S/C27H29N9O/c1-17-9-24(36(34-17)14-18-4-7-35-8-6-29-23(35)10-18)33-26-30-5-3-22(32-26)19-11-20(13-28)25-21(12-19)27(2,16-37)15-31-25/h3,5-6,8-9,11-12,18,31,37H,4,7,10,14-16H2,1-2H3,(H,30,32,33)/t18?,27-/m1/s1. The third-order valence-electron chi connectivity index (χ3n) is 7.49. The molecule has 0 aliphatic carbocycles. The van der Waals surface area contributed by atoms with E-state index in [0.717, 1.165) is 60.1 Å². The molecule has 0 bridgehead atoms. The van der Waals surface area contributed by atoms with Crippen molar-refractivity contribution in [3.05, 3.63) is 65.5 Å². The SMILES string of the molecule is Cc1cc(Nc2nccc(-c3cc(C#N)c4c(c3)[C@@](C)(CO)CN4)n2)n(CC2CCn3ccnc3C2)n1. The van der Waals surface area contributed by atoms with Crippen LogP contribution in [0.4, 0.5) is 17.5 Å². The van der Waals surface area contributed by atoms with E-state index in [1.807, 2.05) is 55.2 Å². The maximum absolute atomic E-state index is 10.0. The van der Waals surface area contributed by atoms with Crippen molar-refractivity contribution in [3.63, 3.8) is 0 Å². The zero-order chi connectivity index (χ0) is 25.6. The number of benzene rings is 1. The van der Waals surface area contributed by atoms with Gasteiger partial charge in [-0.15, -0.1) is 0 Å². The fourth-order valence-corrected chi connectivity index (χ4v) is 5.36. The molecular weight excluding hydrogens is 466 g/mol. The normalized spacial score (nSPS) is 20.1. The van der Waals surface area contributed by atoms with E-state index in [2.05, 4.69) is 31.2 Å². The van der Waals surface area contributed by atoms with Crippen molar-refractivity contribution in [2.24, 2.45) is 5.92 Å². The first kappa shape index (κ1) is 23.2. The summed E-state index contributed by atoms with van der Waals surface area (Å²) in [6.45, 7) is 6.31. The first-order chi connectivity index (χ1) is 18.0. The molecule has 1 aromatic carbocycles. The summed E-state index contributed by atoms with van der Waals surface area (Å²) in [4.78, 5) is 13.7. The number of nitriles is 1. The zero-order valence-electron chi connectivity index (χ0n) is 20.9. The number of fused-ring (bicyclic) bond motifs is 2. The van der Waals surface area contributed by atoms with Gasteiger partial charge in [-0.25, -0.2) is 19.6 Å². The monoisotopic (exact) mass is 495 g/mol. The van der Waals surface area contributed by atoms with Crippen molar-refractivity contribution in [2.75, 3.05) is 23.8 Å². The Kier molecular flexibility index (Phi) is 5.65. The summed E-state index contributed by atoms with van der Waals surface area (Å²) in [5.41, 5.74) is 4.24. The molecule has 6 rings (SSSR count). The predicted molar refractivity (Wildman–Crippen MR) is 139 cm³/mol. The van der Waals surface area contributed by atoms with E-state index in [-0.39, 0.29) is 6.61 Å². The van der Waals surface area contributed by atoms with Gasteiger partial charge >= 0.3 is 0 Å². The number of rotatable bonds is 6. The van der Waals surface area contributed by atoms with Crippen molar-refractivity contribution in [3.8, 4) is 17.3 Å². The summed E-state index contributed by atoms with van der Waals surface area (Å²) in [6.07, 6.45) is 7.63. The smallest absolute Gasteiger partial charge is 0.228 e. The van der Waals surface area contributed by atoms with E-state index < -0.39 is 5.41 Å². The second-order valence-corrected chi connectivity index (χ2v) is 10.3. The number of aromatic nitrogens is 6. The topological polar surface area (TPSA) is 130 Å². The van der Waals surface area contributed by atoms with Gasteiger partial charge in [0.25, 0.3) is 0 Å². The van der Waals surface area contributed by atoms with E-state index >= 15 is 0 Å². The first-order valence-corrected chi connectivity index (χ1v) is 12.5. The molecule has 10 heteroatoms. The Bertz CT molecular complexity index is 1510. The Labute approximate surface area is 215 Å². The summed E-state index contributed by atoms with van der Waals surface area (Å²) in [5, 5.41) is 31.1. The van der Waals surface area contributed by atoms with Gasteiger partial charge in [-0.3, -0.25) is 0 Å². The predicted octanol–water partition coefficient (Wildman–Crippen LogP) is 3.40. The molecule has 0 spiro atoms. The van der Waals surface area contributed by atoms with E-state index in [1.54, 1.807) is 6.20 Å². The maximum atomic E-state index is 10.0. The first-order valence-electron chi connectivity index (χ1n) is 12.5. The van der Waals surface area contributed by atoms with Gasteiger partial charge in [0.2, 0.25) is 5.95 Å². The van der Waals surface area contributed by atoms with Crippen molar-refractivity contribution in [1.29, 1.82) is 5.26 Å². The Morgan fingerprint density at radius 2 is 2.16 bits per heavy atom. The molecule has 3 aromatic heterocycles. The average Bonchev–Trinajstić information content (AvgIpc) is 3.61. The lowest BCUT2D eigenvalue weighted by Crippen LogP contribution is -2.28. The number of hydrogen-bond acceptors (Lipinski definition) is 8. The maximum Gasteiger partial charge on any atom is 0.228 e. The second-order valence-electron chi connectivity index (χ2n) is 10.3. The van der Waals surface area contributed by atoms with Crippen molar-refractivity contribution in [1.82, 2.24) is 29.3 Å². The van der Waals surface area contributed by atoms with E-state index in [1.165, 1.54) is 0 Å². The largest absolute Gasteiger partial charge is 0.395 e. The average molecular weight is 496 g/mol. The quantitative estimate of drug-likeness (QED) is 0.371. The van der Waals surface area contributed by atoms with Crippen molar-refractivity contribution in [2.45, 2.75) is 45.2 Å². The summed E-state index contributed by atoms with van der Waals surface area (Å²) >= 11 is 0. The van der Waals surface area contributed by atoms with Crippen molar-refractivity contribution >= 4 is 17.5 Å². The second kappa shape index (κ2) is 9.01. The molecule has 2 aliphatic rings. The lowest BCUT2D eigenvalue weighted by molar-refractivity contribution is 0.219. The molecule has 37 heavy (non-hydrogen) atoms. The molecule has 3 N–H and O–H groups in total. The number of hydrogen-bond donors (Lipinski definition) is 3. The summed E-state index contributed by atoms with van der Waals surface area (Å²) in [6, 6.07) is 9.97. The highest BCUT2D eigenvalue weighted by molar-refractivity contribution is 5.76. The number of aryl methyl sites for hydroxylation is 2.